The molecule has 3 rings (SSSR count). The van der Waals surface area contributed by atoms with Gasteiger partial charge >= 0.3 is 0 Å². The number of rotatable bonds is 6. The van der Waals surface area contributed by atoms with Crippen LogP contribution in [0.5, 0.6) is 0 Å². The van der Waals surface area contributed by atoms with E-state index in [1.165, 1.54) is 16.9 Å². The molecule has 21 heavy (non-hydrogen) atoms. The van der Waals surface area contributed by atoms with Crippen molar-refractivity contribution in [2.24, 2.45) is 0 Å². The van der Waals surface area contributed by atoms with Crippen molar-refractivity contribution in [3.8, 4) is 0 Å². The molecule has 0 saturated carbocycles. The highest BCUT2D eigenvalue weighted by molar-refractivity contribution is 5.47. The number of nitrogens with one attached hydrogen (secondary N) is 2. The van der Waals surface area contributed by atoms with Gasteiger partial charge in [0.05, 0.1) is 19.5 Å². The summed E-state index contributed by atoms with van der Waals surface area (Å²) in [4.78, 5) is 9.50. The summed E-state index contributed by atoms with van der Waals surface area (Å²) in [6.45, 7) is 5.49. The average Bonchev–Trinajstić information content (AvgIpc) is 3.06. The molecule has 0 radical (unpaired) electrons. The monoisotopic (exact) mass is 286 g/mol. The molecule has 1 aliphatic rings. The molecule has 0 bridgehead atoms. The largest absolute Gasteiger partial charge is 0.378 e. The van der Waals surface area contributed by atoms with Crippen LogP contribution in [-0.4, -0.2) is 42.8 Å². The van der Waals surface area contributed by atoms with Crippen molar-refractivity contribution in [1.82, 2.24) is 15.3 Å². The molecular formula is C16H22N4O. The van der Waals surface area contributed by atoms with Crippen LogP contribution >= 0.6 is 0 Å². The minimum absolute atomic E-state index is 0.830. The van der Waals surface area contributed by atoms with E-state index < -0.39 is 0 Å². The molecule has 0 unspecified atom stereocenters. The molecule has 1 aromatic heterocycles. The molecule has 5 nitrogen and oxygen atoms in total. The van der Waals surface area contributed by atoms with Crippen molar-refractivity contribution in [2.45, 2.75) is 13.0 Å². The van der Waals surface area contributed by atoms with Crippen LogP contribution in [0.2, 0.25) is 0 Å². The molecule has 0 atom stereocenters. The Morgan fingerprint density at radius 2 is 2.00 bits per heavy atom. The minimum atomic E-state index is 0.830. The maximum absolute atomic E-state index is 5.38. The quantitative estimate of drug-likeness (QED) is 0.792. The number of H-pyrrole nitrogens is 1. The van der Waals surface area contributed by atoms with Gasteiger partial charge in [-0.05, 0) is 17.7 Å². The molecular weight excluding hydrogens is 264 g/mol. The Hall–Kier alpha value is -1.85. The molecule has 1 aliphatic heterocycles. The van der Waals surface area contributed by atoms with Crippen LogP contribution in [0.3, 0.4) is 0 Å². The maximum atomic E-state index is 5.38. The van der Waals surface area contributed by atoms with Gasteiger partial charge in [-0.15, -0.1) is 0 Å². The summed E-state index contributed by atoms with van der Waals surface area (Å²) in [7, 11) is 0. The number of aromatic nitrogens is 2. The average molecular weight is 286 g/mol. The fraction of sp³-hybridized carbons (Fsp3) is 0.438. The zero-order chi connectivity index (χ0) is 14.3. The van der Waals surface area contributed by atoms with E-state index in [0.717, 1.165) is 45.8 Å². The van der Waals surface area contributed by atoms with Crippen LogP contribution in [0.1, 0.15) is 11.3 Å². The number of aromatic amines is 1. The Morgan fingerprint density at radius 3 is 2.71 bits per heavy atom. The molecule has 0 amide bonds. The number of nitrogens with zero attached hydrogens (tertiary/aromatic N) is 2. The van der Waals surface area contributed by atoms with Crippen molar-refractivity contribution in [2.75, 3.05) is 37.7 Å². The fourth-order valence-electron chi connectivity index (χ4n) is 2.52. The Balaban J connectivity index is 1.43. The Kier molecular flexibility index (Phi) is 4.86. The molecule has 1 fully saturated rings. The van der Waals surface area contributed by atoms with E-state index in [2.05, 4.69) is 44.5 Å². The van der Waals surface area contributed by atoms with Gasteiger partial charge in [-0.3, -0.25) is 0 Å². The first-order valence-electron chi connectivity index (χ1n) is 7.51. The summed E-state index contributed by atoms with van der Waals surface area (Å²) < 4.78 is 5.38. The third kappa shape index (κ3) is 4.06. The lowest BCUT2D eigenvalue weighted by molar-refractivity contribution is 0.122. The van der Waals surface area contributed by atoms with Crippen LogP contribution in [0.25, 0.3) is 0 Å². The van der Waals surface area contributed by atoms with Gasteiger partial charge in [0.15, 0.2) is 0 Å². The SMILES string of the molecule is c1ncc(CCNCc2ccc(N3CCOCC3)cc2)[nH]1. The number of anilines is 1. The molecule has 2 N–H and O–H groups in total. The van der Waals surface area contributed by atoms with Crippen molar-refractivity contribution in [3.05, 3.63) is 48.0 Å². The number of hydrogen-bond donors (Lipinski definition) is 2. The Morgan fingerprint density at radius 1 is 1.19 bits per heavy atom. The predicted molar refractivity (Wildman–Crippen MR) is 83.5 cm³/mol. The van der Waals surface area contributed by atoms with Crippen LogP contribution in [0, 0.1) is 0 Å². The van der Waals surface area contributed by atoms with E-state index in [1.807, 2.05) is 6.20 Å². The van der Waals surface area contributed by atoms with Crippen molar-refractivity contribution in [3.63, 3.8) is 0 Å². The molecule has 1 aromatic carbocycles. The lowest BCUT2D eigenvalue weighted by atomic mass is 10.2. The molecule has 0 aliphatic carbocycles. The van der Waals surface area contributed by atoms with E-state index in [0.29, 0.717) is 0 Å². The number of morpholine rings is 1. The van der Waals surface area contributed by atoms with Gasteiger partial charge < -0.3 is 19.9 Å². The van der Waals surface area contributed by atoms with E-state index in [-0.39, 0.29) is 0 Å². The van der Waals surface area contributed by atoms with E-state index in [4.69, 9.17) is 4.74 Å². The number of ether oxygens (including phenoxy) is 1. The maximum Gasteiger partial charge on any atom is 0.0921 e. The molecule has 1 saturated heterocycles. The minimum Gasteiger partial charge on any atom is -0.378 e. The molecule has 5 heteroatoms. The predicted octanol–water partition coefficient (Wildman–Crippen LogP) is 1.58. The molecule has 2 aromatic rings. The first kappa shape index (κ1) is 14.1. The van der Waals surface area contributed by atoms with E-state index >= 15 is 0 Å². The Bertz CT molecular complexity index is 518. The van der Waals surface area contributed by atoms with Crippen LogP contribution < -0.4 is 10.2 Å². The normalized spacial score (nSPS) is 15.3. The fourth-order valence-corrected chi connectivity index (χ4v) is 2.52. The number of benzene rings is 1. The second-order valence-corrected chi connectivity index (χ2v) is 5.27. The summed E-state index contributed by atoms with van der Waals surface area (Å²) in [5.74, 6) is 0. The third-order valence-corrected chi connectivity index (χ3v) is 3.77. The van der Waals surface area contributed by atoms with Crippen LogP contribution in [0.4, 0.5) is 5.69 Å². The van der Waals surface area contributed by atoms with Gasteiger partial charge in [-0.2, -0.15) is 0 Å². The van der Waals surface area contributed by atoms with Gasteiger partial charge in [0.1, 0.15) is 0 Å². The van der Waals surface area contributed by atoms with Gasteiger partial charge in [-0.25, -0.2) is 4.98 Å². The van der Waals surface area contributed by atoms with Crippen LogP contribution in [-0.2, 0) is 17.7 Å². The summed E-state index contributed by atoms with van der Waals surface area (Å²) in [6, 6.07) is 8.82. The second-order valence-electron chi connectivity index (χ2n) is 5.27. The zero-order valence-corrected chi connectivity index (χ0v) is 12.2. The highest BCUT2D eigenvalue weighted by atomic mass is 16.5. The van der Waals surface area contributed by atoms with Crippen LogP contribution in [0.15, 0.2) is 36.8 Å². The summed E-state index contributed by atoms with van der Waals surface area (Å²) in [5.41, 5.74) is 3.78. The third-order valence-electron chi connectivity index (χ3n) is 3.77. The molecule has 2 heterocycles. The first-order chi connectivity index (χ1) is 10.4. The van der Waals surface area contributed by atoms with Crippen molar-refractivity contribution < 1.29 is 4.74 Å². The summed E-state index contributed by atoms with van der Waals surface area (Å²) in [6.07, 6.45) is 4.57. The topological polar surface area (TPSA) is 53.2 Å². The molecule has 0 spiro atoms. The lowest BCUT2D eigenvalue weighted by Gasteiger charge is -2.28. The molecule has 112 valence electrons. The highest BCUT2D eigenvalue weighted by Crippen LogP contribution is 2.16. The van der Waals surface area contributed by atoms with E-state index in [1.54, 1.807) is 6.33 Å². The first-order valence-corrected chi connectivity index (χ1v) is 7.51. The van der Waals surface area contributed by atoms with Crippen molar-refractivity contribution >= 4 is 5.69 Å². The van der Waals surface area contributed by atoms with Gasteiger partial charge in [0.25, 0.3) is 0 Å². The highest BCUT2D eigenvalue weighted by Gasteiger charge is 2.10. The second kappa shape index (κ2) is 7.24. The smallest absolute Gasteiger partial charge is 0.0921 e. The van der Waals surface area contributed by atoms with Gasteiger partial charge in [-0.1, -0.05) is 12.1 Å². The number of hydrogen-bond acceptors (Lipinski definition) is 4. The standard InChI is InChI=1S/C16H22N4O/c1-3-16(20-7-9-21-10-8-20)4-2-14(1)11-17-6-5-15-12-18-13-19-15/h1-4,12-13,17H,5-11H2,(H,18,19). The Labute approximate surface area is 125 Å². The lowest BCUT2D eigenvalue weighted by Crippen LogP contribution is -2.36. The van der Waals surface area contributed by atoms with Crippen molar-refractivity contribution in [1.29, 1.82) is 0 Å². The van der Waals surface area contributed by atoms with Gasteiger partial charge in [0, 0.05) is 50.2 Å². The number of imidazole rings is 1. The van der Waals surface area contributed by atoms with Gasteiger partial charge in [0.2, 0.25) is 0 Å². The summed E-state index contributed by atoms with van der Waals surface area (Å²) >= 11 is 0. The zero-order valence-electron chi connectivity index (χ0n) is 12.2. The van der Waals surface area contributed by atoms with E-state index in [9.17, 15) is 0 Å². The summed E-state index contributed by atoms with van der Waals surface area (Å²) in [5, 5.41) is 3.46.